The zero-order chi connectivity index (χ0) is 18.1. The van der Waals surface area contributed by atoms with E-state index in [4.69, 9.17) is 16.6 Å². The van der Waals surface area contributed by atoms with Gasteiger partial charge in [-0.25, -0.2) is 4.99 Å². The second kappa shape index (κ2) is 7.00. The maximum absolute atomic E-state index is 12.7. The van der Waals surface area contributed by atoms with Crippen LogP contribution in [-0.4, -0.2) is 34.3 Å². The van der Waals surface area contributed by atoms with Crippen molar-refractivity contribution in [2.75, 3.05) is 6.54 Å². The maximum atomic E-state index is 12.7. The Morgan fingerprint density at radius 2 is 2.19 bits per heavy atom. The van der Waals surface area contributed by atoms with E-state index in [1.54, 1.807) is 12.1 Å². The highest BCUT2D eigenvalue weighted by Crippen LogP contribution is 2.34. The number of fused-ring (bicyclic) bond motifs is 2. The molecule has 2 aliphatic heterocycles. The van der Waals surface area contributed by atoms with Gasteiger partial charge in [-0.2, -0.15) is 0 Å². The maximum Gasteiger partial charge on any atom is 0.242 e. The molecule has 134 valence electrons. The summed E-state index contributed by atoms with van der Waals surface area (Å²) in [4.78, 5) is 19.4. The van der Waals surface area contributed by atoms with E-state index in [1.165, 1.54) is 0 Å². The second-order valence-electron chi connectivity index (χ2n) is 6.69. The minimum absolute atomic E-state index is 0.0285. The lowest BCUT2D eigenvalue weighted by molar-refractivity contribution is -0.124. The first-order chi connectivity index (χ1) is 12.6. The van der Waals surface area contributed by atoms with Crippen LogP contribution in [0.4, 0.5) is 5.69 Å². The van der Waals surface area contributed by atoms with Crippen molar-refractivity contribution in [3.63, 3.8) is 0 Å². The van der Waals surface area contributed by atoms with E-state index in [9.17, 15) is 9.90 Å². The number of benzene rings is 2. The lowest BCUT2D eigenvalue weighted by Crippen LogP contribution is -2.45. The Bertz CT molecular complexity index is 881. The van der Waals surface area contributed by atoms with Gasteiger partial charge in [-0.05, 0) is 54.3 Å². The van der Waals surface area contributed by atoms with Gasteiger partial charge in [-0.3, -0.25) is 4.79 Å². The van der Waals surface area contributed by atoms with Gasteiger partial charge >= 0.3 is 0 Å². The summed E-state index contributed by atoms with van der Waals surface area (Å²) in [7, 11) is 0. The monoisotopic (exact) mass is 369 g/mol. The van der Waals surface area contributed by atoms with Crippen molar-refractivity contribution in [2.45, 2.75) is 31.8 Å². The number of carbonyl (C=O) groups excluding carboxylic acids is 1. The van der Waals surface area contributed by atoms with Gasteiger partial charge in [-0.1, -0.05) is 23.7 Å². The van der Waals surface area contributed by atoms with Gasteiger partial charge in [0.2, 0.25) is 5.91 Å². The number of aromatic hydroxyl groups is 1. The van der Waals surface area contributed by atoms with Crippen LogP contribution in [0.2, 0.25) is 5.02 Å². The topological polar surface area (TPSA) is 64.9 Å². The molecule has 4 rings (SSSR count). The molecule has 0 aromatic heterocycles. The quantitative estimate of drug-likeness (QED) is 0.868. The third-order valence-corrected chi connectivity index (χ3v) is 5.14. The molecule has 26 heavy (non-hydrogen) atoms. The normalized spacial score (nSPS) is 18.1. The molecule has 0 radical (unpaired) electrons. The average molecular weight is 370 g/mol. The van der Waals surface area contributed by atoms with Crippen molar-refractivity contribution in [3.05, 3.63) is 58.6 Å². The number of phenols is 1. The van der Waals surface area contributed by atoms with Crippen molar-refractivity contribution in [1.82, 2.24) is 10.2 Å². The molecular weight excluding hydrogens is 350 g/mol. The highest BCUT2D eigenvalue weighted by molar-refractivity contribution is 6.30. The van der Waals surface area contributed by atoms with E-state index in [0.717, 1.165) is 35.5 Å². The molecule has 1 atom stereocenters. The number of rotatable bonds is 4. The number of amidine groups is 1. The number of halogens is 1. The molecule has 1 fully saturated rings. The van der Waals surface area contributed by atoms with E-state index < -0.39 is 0 Å². The minimum atomic E-state index is -0.190. The van der Waals surface area contributed by atoms with Crippen LogP contribution < -0.4 is 5.32 Å². The van der Waals surface area contributed by atoms with E-state index >= 15 is 0 Å². The first kappa shape index (κ1) is 16.9. The molecule has 6 heteroatoms. The Balaban J connectivity index is 1.39. The van der Waals surface area contributed by atoms with Crippen LogP contribution in [-0.2, 0) is 17.8 Å². The van der Waals surface area contributed by atoms with Gasteiger partial charge in [0.15, 0.2) is 0 Å². The first-order valence-electron chi connectivity index (χ1n) is 8.78. The van der Waals surface area contributed by atoms with E-state index in [1.807, 2.05) is 30.3 Å². The van der Waals surface area contributed by atoms with Crippen molar-refractivity contribution >= 4 is 29.0 Å². The van der Waals surface area contributed by atoms with E-state index in [2.05, 4.69) is 10.2 Å². The lowest BCUT2D eigenvalue weighted by Gasteiger charge is -2.30. The fourth-order valence-corrected chi connectivity index (χ4v) is 3.81. The summed E-state index contributed by atoms with van der Waals surface area (Å²) in [6.45, 7) is 1.21. The molecule has 1 amide bonds. The van der Waals surface area contributed by atoms with Gasteiger partial charge in [0.25, 0.3) is 0 Å². The predicted octanol–water partition coefficient (Wildman–Crippen LogP) is 3.41. The van der Waals surface area contributed by atoms with Gasteiger partial charge in [-0.15, -0.1) is 0 Å². The lowest BCUT2D eigenvalue weighted by atomic mass is 10.1. The van der Waals surface area contributed by atoms with Crippen molar-refractivity contribution < 1.29 is 9.90 Å². The Labute approximate surface area is 157 Å². The Morgan fingerprint density at radius 3 is 3.04 bits per heavy atom. The van der Waals surface area contributed by atoms with Crippen molar-refractivity contribution in [1.29, 1.82) is 0 Å². The minimum Gasteiger partial charge on any atom is -0.508 e. The summed E-state index contributed by atoms with van der Waals surface area (Å²) < 4.78 is 0. The van der Waals surface area contributed by atoms with Crippen LogP contribution in [0, 0.1) is 0 Å². The summed E-state index contributed by atoms with van der Waals surface area (Å²) in [5.41, 5.74) is 3.01. The molecule has 2 aromatic carbocycles. The Hall–Kier alpha value is -2.53. The molecule has 0 saturated carbocycles. The van der Waals surface area contributed by atoms with Gasteiger partial charge < -0.3 is 15.3 Å². The zero-order valence-corrected chi connectivity index (χ0v) is 15.0. The molecule has 0 aliphatic carbocycles. The molecule has 2 N–H and O–H groups in total. The third kappa shape index (κ3) is 3.40. The molecule has 2 aliphatic rings. The number of amides is 1. The van der Waals surface area contributed by atoms with Gasteiger partial charge in [0.1, 0.15) is 17.6 Å². The zero-order valence-electron chi connectivity index (χ0n) is 14.3. The molecule has 1 saturated heterocycles. The number of carbonyl (C=O) groups is 1. The fourth-order valence-electron chi connectivity index (χ4n) is 3.61. The molecular formula is C20H20ClN3O2. The number of hydrogen-bond donors (Lipinski definition) is 2. The predicted molar refractivity (Wildman–Crippen MR) is 102 cm³/mol. The van der Waals surface area contributed by atoms with Crippen molar-refractivity contribution in [2.24, 2.45) is 4.99 Å². The van der Waals surface area contributed by atoms with Crippen LogP contribution in [0.5, 0.6) is 5.75 Å². The summed E-state index contributed by atoms with van der Waals surface area (Å²) >= 11 is 6.09. The largest absolute Gasteiger partial charge is 0.508 e. The number of nitrogens with zero attached hydrogens (tertiary/aromatic N) is 2. The molecule has 5 nitrogen and oxygen atoms in total. The van der Waals surface area contributed by atoms with E-state index in [0.29, 0.717) is 24.5 Å². The van der Waals surface area contributed by atoms with Crippen LogP contribution in [0.3, 0.4) is 0 Å². The summed E-state index contributed by atoms with van der Waals surface area (Å²) in [6, 6.07) is 12.6. The number of aliphatic imine (C=N–C) groups is 1. The smallest absolute Gasteiger partial charge is 0.242 e. The molecule has 2 heterocycles. The number of hydrogen-bond acceptors (Lipinski definition) is 4. The average Bonchev–Trinajstić information content (AvgIpc) is 3.02. The number of nitrogens with one attached hydrogen (secondary N) is 1. The third-order valence-electron chi connectivity index (χ3n) is 4.91. The fraction of sp³-hybridized carbons (Fsp3) is 0.300. The number of phenolic OH excluding ortho intramolecular Hbond substituents is 1. The molecule has 0 bridgehead atoms. The molecule has 0 spiro atoms. The van der Waals surface area contributed by atoms with E-state index in [-0.39, 0.29) is 17.7 Å². The molecule has 0 unspecified atom stereocenters. The summed E-state index contributed by atoms with van der Waals surface area (Å²) in [6.07, 6.45) is 2.28. The highest BCUT2D eigenvalue weighted by atomic mass is 35.5. The van der Waals surface area contributed by atoms with Crippen LogP contribution in [0.25, 0.3) is 0 Å². The van der Waals surface area contributed by atoms with Crippen LogP contribution in [0.15, 0.2) is 47.5 Å². The summed E-state index contributed by atoms with van der Waals surface area (Å²) in [5.74, 6) is 1.25. The Kier molecular flexibility index (Phi) is 4.55. The first-order valence-corrected chi connectivity index (χ1v) is 9.16. The van der Waals surface area contributed by atoms with Crippen LogP contribution in [0.1, 0.15) is 24.0 Å². The van der Waals surface area contributed by atoms with Crippen molar-refractivity contribution in [3.8, 4) is 5.75 Å². The van der Waals surface area contributed by atoms with Gasteiger partial charge in [0.05, 0.1) is 5.69 Å². The SMILES string of the molecule is O=C(NCCc1cccc(O)c1)[C@@H]1CCC2=Nc3ccc(Cl)cc3CN21. The van der Waals surface area contributed by atoms with Gasteiger partial charge in [0, 0.05) is 24.5 Å². The van der Waals surface area contributed by atoms with Crippen LogP contribution >= 0.6 is 11.6 Å². The Morgan fingerprint density at radius 1 is 1.31 bits per heavy atom. The second-order valence-corrected chi connectivity index (χ2v) is 7.13. The highest BCUT2D eigenvalue weighted by Gasteiger charge is 2.36. The summed E-state index contributed by atoms with van der Waals surface area (Å²) in [5, 5.41) is 13.2. The standard InChI is InChI=1S/C20H20ClN3O2/c21-15-4-5-17-14(11-15)12-24-18(6-7-19(24)23-17)20(26)22-9-8-13-2-1-3-16(25)10-13/h1-5,10-11,18,25H,6-9,12H2,(H,22,26)/t18-/m0/s1. The molecule has 2 aromatic rings.